The van der Waals surface area contributed by atoms with Crippen LogP contribution in [0, 0.1) is 17.0 Å². The van der Waals surface area contributed by atoms with Crippen LogP contribution in [0.5, 0.6) is 0 Å². The zero-order valence-corrected chi connectivity index (χ0v) is 14.4. The summed E-state index contributed by atoms with van der Waals surface area (Å²) in [5, 5.41) is 11.7. The number of para-hydroxylation sites is 1. The molecule has 8 heteroatoms. The SMILES string of the molecule is Cc1cc(Cl)cc2sc(=NC(=O)c3ccccc3[N+](=O)[O-])n(C)c12. The molecule has 1 heterocycles. The zero-order valence-electron chi connectivity index (χ0n) is 12.8. The van der Waals surface area contributed by atoms with Crippen LogP contribution >= 0.6 is 22.9 Å². The molecule has 0 atom stereocenters. The zero-order chi connectivity index (χ0) is 17.4. The minimum Gasteiger partial charge on any atom is -0.319 e. The van der Waals surface area contributed by atoms with Crippen molar-refractivity contribution in [2.45, 2.75) is 6.92 Å². The highest BCUT2D eigenvalue weighted by atomic mass is 35.5. The van der Waals surface area contributed by atoms with Gasteiger partial charge in [0, 0.05) is 18.1 Å². The number of benzene rings is 2. The van der Waals surface area contributed by atoms with Gasteiger partial charge in [-0.15, -0.1) is 0 Å². The first-order valence-electron chi connectivity index (χ1n) is 6.96. The minimum atomic E-state index is -0.645. The normalized spacial score (nSPS) is 11.9. The molecule has 0 unspecified atom stereocenters. The molecule has 0 aliphatic heterocycles. The first kappa shape index (κ1) is 16.4. The fraction of sp³-hybridized carbons (Fsp3) is 0.125. The number of hydrogen-bond acceptors (Lipinski definition) is 4. The molecule has 0 spiro atoms. The van der Waals surface area contributed by atoms with E-state index in [2.05, 4.69) is 4.99 Å². The quantitative estimate of drug-likeness (QED) is 0.513. The highest BCUT2D eigenvalue weighted by molar-refractivity contribution is 7.16. The molecule has 0 N–H and O–H groups in total. The molecule has 0 saturated heterocycles. The Labute approximate surface area is 145 Å². The standard InChI is InChI=1S/C16H12ClN3O3S/c1-9-7-10(17)8-13-14(9)19(2)16(24-13)18-15(21)11-5-3-4-6-12(11)20(22)23/h3-8H,1-2H3. The fourth-order valence-electron chi connectivity index (χ4n) is 2.53. The van der Waals surface area contributed by atoms with Crippen molar-refractivity contribution in [3.63, 3.8) is 0 Å². The first-order valence-corrected chi connectivity index (χ1v) is 8.16. The van der Waals surface area contributed by atoms with Crippen LogP contribution in [-0.2, 0) is 7.05 Å². The third-order valence-corrected chi connectivity index (χ3v) is 4.88. The average Bonchev–Trinajstić information content (AvgIpc) is 2.83. The van der Waals surface area contributed by atoms with Gasteiger partial charge in [0.05, 0.1) is 15.1 Å². The molecule has 1 aromatic heterocycles. The van der Waals surface area contributed by atoms with Crippen molar-refractivity contribution in [1.82, 2.24) is 4.57 Å². The molecular formula is C16H12ClN3O3S. The molecule has 0 fully saturated rings. The van der Waals surface area contributed by atoms with Crippen molar-refractivity contribution < 1.29 is 9.72 Å². The van der Waals surface area contributed by atoms with Crippen molar-refractivity contribution in [2.75, 3.05) is 0 Å². The topological polar surface area (TPSA) is 77.5 Å². The lowest BCUT2D eigenvalue weighted by Gasteiger charge is -2.01. The van der Waals surface area contributed by atoms with Gasteiger partial charge in [-0.1, -0.05) is 35.1 Å². The molecule has 0 saturated carbocycles. The molecule has 0 radical (unpaired) electrons. The number of aryl methyl sites for hydroxylation is 2. The van der Waals surface area contributed by atoms with Crippen molar-refractivity contribution in [3.05, 3.63) is 67.5 Å². The Balaban J connectivity index is 2.18. The highest BCUT2D eigenvalue weighted by Gasteiger charge is 2.19. The number of amides is 1. The predicted octanol–water partition coefficient (Wildman–Crippen LogP) is 3.85. The Morgan fingerprint density at radius 2 is 2.04 bits per heavy atom. The van der Waals surface area contributed by atoms with E-state index in [1.807, 2.05) is 19.1 Å². The molecule has 122 valence electrons. The molecule has 0 aliphatic carbocycles. The number of thiazole rings is 1. The van der Waals surface area contributed by atoms with Gasteiger partial charge in [-0.3, -0.25) is 14.9 Å². The third-order valence-electron chi connectivity index (χ3n) is 3.58. The van der Waals surface area contributed by atoms with Gasteiger partial charge in [0.25, 0.3) is 11.6 Å². The van der Waals surface area contributed by atoms with E-state index in [9.17, 15) is 14.9 Å². The van der Waals surface area contributed by atoms with Gasteiger partial charge in [-0.25, -0.2) is 0 Å². The van der Waals surface area contributed by atoms with E-state index in [1.165, 1.54) is 29.5 Å². The minimum absolute atomic E-state index is 0.0327. The predicted molar refractivity (Wildman–Crippen MR) is 93.5 cm³/mol. The molecule has 2 aromatic carbocycles. The molecule has 3 rings (SSSR count). The number of carbonyl (C=O) groups excluding carboxylic acids is 1. The van der Waals surface area contributed by atoms with Crippen molar-refractivity contribution in [1.29, 1.82) is 0 Å². The van der Waals surface area contributed by atoms with E-state index >= 15 is 0 Å². The van der Waals surface area contributed by atoms with Gasteiger partial charge in [0.1, 0.15) is 5.56 Å². The maximum atomic E-state index is 12.4. The summed E-state index contributed by atoms with van der Waals surface area (Å²) in [6.45, 7) is 1.93. The molecule has 3 aromatic rings. The number of carbonyl (C=O) groups is 1. The van der Waals surface area contributed by atoms with E-state index in [1.54, 1.807) is 17.7 Å². The number of fused-ring (bicyclic) bond motifs is 1. The van der Waals surface area contributed by atoms with E-state index in [0.717, 1.165) is 15.8 Å². The van der Waals surface area contributed by atoms with Gasteiger partial charge in [0.15, 0.2) is 4.80 Å². The summed E-state index contributed by atoms with van der Waals surface area (Å²) in [6, 6.07) is 9.43. The van der Waals surface area contributed by atoms with Crippen molar-refractivity contribution >= 4 is 44.7 Å². The Kier molecular flexibility index (Phi) is 4.21. The number of rotatable bonds is 2. The van der Waals surface area contributed by atoms with Crippen LogP contribution in [0.25, 0.3) is 10.2 Å². The van der Waals surface area contributed by atoms with Crippen LogP contribution in [0.1, 0.15) is 15.9 Å². The van der Waals surface area contributed by atoms with E-state index in [4.69, 9.17) is 11.6 Å². The second-order valence-electron chi connectivity index (χ2n) is 5.20. The Morgan fingerprint density at radius 3 is 2.75 bits per heavy atom. The highest BCUT2D eigenvalue weighted by Crippen LogP contribution is 2.25. The number of hydrogen-bond donors (Lipinski definition) is 0. The maximum Gasteiger partial charge on any atom is 0.286 e. The van der Waals surface area contributed by atoms with Crippen LogP contribution < -0.4 is 4.80 Å². The molecule has 24 heavy (non-hydrogen) atoms. The molecule has 0 bridgehead atoms. The number of halogens is 1. The monoisotopic (exact) mass is 361 g/mol. The Morgan fingerprint density at radius 1 is 1.33 bits per heavy atom. The lowest BCUT2D eigenvalue weighted by Crippen LogP contribution is -2.14. The van der Waals surface area contributed by atoms with Gasteiger partial charge in [-0.2, -0.15) is 4.99 Å². The number of nitrogens with zero attached hydrogens (tertiary/aromatic N) is 3. The van der Waals surface area contributed by atoms with Crippen molar-refractivity contribution in [3.8, 4) is 0 Å². The van der Waals surface area contributed by atoms with Crippen LogP contribution in [0.3, 0.4) is 0 Å². The lowest BCUT2D eigenvalue weighted by atomic mass is 10.2. The third kappa shape index (κ3) is 2.83. The summed E-state index contributed by atoms with van der Waals surface area (Å²) in [7, 11) is 1.80. The van der Waals surface area contributed by atoms with Gasteiger partial charge in [-0.05, 0) is 30.7 Å². The first-order chi connectivity index (χ1) is 11.4. The maximum absolute atomic E-state index is 12.4. The smallest absolute Gasteiger partial charge is 0.286 e. The summed E-state index contributed by atoms with van der Waals surface area (Å²) >= 11 is 7.38. The van der Waals surface area contributed by atoms with Crippen LogP contribution in [0.15, 0.2) is 41.4 Å². The second-order valence-corrected chi connectivity index (χ2v) is 6.65. The number of aromatic nitrogens is 1. The van der Waals surface area contributed by atoms with E-state index in [0.29, 0.717) is 9.82 Å². The van der Waals surface area contributed by atoms with Crippen LogP contribution in [0.2, 0.25) is 5.02 Å². The Hall–Kier alpha value is -2.51. The molecule has 6 nitrogen and oxygen atoms in total. The summed E-state index contributed by atoms with van der Waals surface area (Å²) < 4.78 is 2.69. The van der Waals surface area contributed by atoms with Gasteiger partial charge in [0.2, 0.25) is 0 Å². The van der Waals surface area contributed by atoms with E-state index in [-0.39, 0.29) is 11.3 Å². The molecular weight excluding hydrogens is 350 g/mol. The fourth-order valence-corrected chi connectivity index (χ4v) is 4.00. The average molecular weight is 362 g/mol. The summed E-state index contributed by atoms with van der Waals surface area (Å²) in [5.74, 6) is -0.645. The molecule has 1 amide bonds. The van der Waals surface area contributed by atoms with Gasteiger partial charge < -0.3 is 4.57 Å². The molecule has 0 aliphatic rings. The summed E-state index contributed by atoms with van der Waals surface area (Å²) in [5.41, 5.74) is 1.61. The Bertz CT molecular complexity index is 1050. The summed E-state index contributed by atoms with van der Waals surface area (Å²) in [6.07, 6.45) is 0. The number of nitro benzene ring substituents is 1. The summed E-state index contributed by atoms with van der Waals surface area (Å²) in [4.78, 5) is 27.4. The van der Waals surface area contributed by atoms with Crippen LogP contribution in [-0.4, -0.2) is 15.4 Å². The van der Waals surface area contributed by atoms with Crippen LogP contribution in [0.4, 0.5) is 5.69 Å². The number of nitro groups is 1. The van der Waals surface area contributed by atoms with Crippen molar-refractivity contribution in [2.24, 2.45) is 12.0 Å². The van der Waals surface area contributed by atoms with Gasteiger partial charge >= 0.3 is 0 Å². The van der Waals surface area contributed by atoms with E-state index < -0.39 is 10.8 Å². The largest absolute Gasteiger partial charge is 0.319 e. The second kappa shape index (κ2) is 6.18. The lowest BCUT2D eigenvalue weighted by molar-refractivity contribution is -0.385.